The Morgan fingerprint density at radius 3 is 2.86 bits per heavy atom. The third-order valence-electron chi connectivity index (χ3n) is 4.98. The quantitative estimate of drug-likeness (QED) is 0.897. The van der Waals surface area contributed by atoms with Crippen molar-refractivity contribution in [3.05, 3.63) is 23.9 Å². The van der Waals surface area contributed by atoms with Crippen LogP contribution in [0.3, 0.4) is 0 Å². The van der Waals surface area contributed by atoms with E-state index in [1.54, 1.807) is 0 Å². The SMILES string of the molecule is CC(C)CNCc1ccc(N2CCCC3CCCC32)nc1. The van der Waals surface area contributed by atoms with E-state index in [4.69, 9.17) is 4.98 Å². The van der Waals surface area contributed by atoms with Crippen molar-refractivity contribution in [2.24, 2.45) is 11.8 Å². The van der Waals surface area contributed by atoms with Gasteiger partial charge >= 0.3 is 0 Å². The third kappa shape index (κ3) is 3.57. The van der Waals surface area contributed by atoms with Crippen molar-refractivity contribution in [2.45, 2.75) is 58.5 Å². The number of nitrogens with one attached hydrogen (secondary N) is 1. The van der Waals surface area contributed by atoms with Crippen LogP contribution in [0, 0.1) is 11.8 Å². The molecule has 3 heteroatoms. The number of pyridine rings is 1. The van der Waals surface area contributed by atoms with Gasteiger partial charge in [-0.1, -0.05) is 26.3 Å². The number of piperidine rings is 1. The normalized spacial score (nSPS) is 25.4. The Labute approximate surface area is 129 Å². The molecule has 2 aliphatic rings. The zero-order chi connectivity index (χ0) is 14.7. The molecule has 1 aliphatic carbocycles. The summed E-state index contributed by atoms with van der Waals surface area (Å²) in [5.41, 5.74) is 1.29. The van der Waals surface area contributed by atoms with Gasteiger partial charge in [-0.25, -0.2) is 4.98 Å². The summed E-state index contributed by atoms with van der Waals surface area (Å²) >= 11 is 0. The molecule has 1 saturated carbocycles. The molecular formula is C18H29N3. The molecule has 3 rings (SSSR count). The lowest BCUT2D eigenvalue weighted by molar-refractivity contribution is 0.360. The van der Waals surface area contributed by atoms with Crippen molar-refractivity contribution in [2.75, 3.05) is 18.0 Å². The Kier molecular flexibility index (Phi) is 4.79. The number of fused-ring (bicyclic) bond motifs is 1. The van der Waals surface area contributed by atoms with Crippen molar-refractivity contribution in [1.82, 2.24) is 10.3 Å². The zero-order valence-electron chi connectivity index (χ0n) is 13.5. The molecule has 2 atom stereocenters. The summed E-state index contributed by atoms with van der Waals surface area (Å²) < 4.78 is 0. The predicted octanol–water partition coefficient (Wildman–Crippen LogP) is 3.60. The van der Waals surface area contributed by atoms with Crippen molar-refractivity contribution >= 4 is 5.82 Å². The van der Waals surface area contributed by atoms with Gasteiger partial charge in [-0.3, -0.25) is 0 Å². The molecule has 0 amide bonds. The average molecular weight is 287 g/mol. The monoisotopic (exact) mass is 287 g/mol. The van der Waals surface area contributed by atoms with Crippen molar-refractivity contribution in [3.8, 4) is 0 Å². The summed E-state index contributed by atoms with van der Waals surface area (Å²) in [5.74, 6) is 2.82. The summed E-state index contributed by atoms with van der Waals surface area (Å²) in [6.45, 7) is 7.67. The van der Waals surface area contributed by atoms with Gasteiger partial charge in [0.15, 0.2) is 0 Å². The highest BCUT2D eigenvalue weighted by atomic mass is 15.2. The fraction of sp³-hybridized carbons (Fsp3) is 0.722. The van der Waals surface area contributed by atoms with Crippen molar-refractivity contribution in [3.63, 3.8) is 0 Å². The third-order valence-corrected chi connectivity index (χ3v) is 4.98. The maximum absolute atomic E-state index is 4.75. The molecule has 1 aromatic heterocycles. The van der Waals surface area contributed by atoms with E-state index >= 15 is 0 Å². The fourth-order valence-electron chi connectivity index (χ4n) is 3.93. The van der Waals surface area contributed by atoms with Gasteiger partial charge in [-0.05, 0) is 55.7 Å². The van der Waals surface area contributed by atoms with Crippen LogP contribution in [-0.2, 0) is 6.54 Å². The lowest BCUT2D eigenvalue weighted by Gasteiger charge is -2.38. The summed E-state index contributed by atoms with van der Waals surface area (Å²) in [6.07, 6.45) is 9.02. The van der Waals surface area contributed by atoms with Crippen LogP contribution in [0.2, 0.25) is 0 Å². The Bertz CT molecular complexity index is 440. The number of hydrogen-bond donors (Lipinski definition) is 1. The molecule has 0 aromatic carbocycles. The number of nitrogens with zero attached hydrogens (tertiary/aromatic N) is 2. The molecule has 1 saturated heterocycles. The van der Waals surface area contributed by atoms with E-state index in [2.05, 4.69) is 42.4 Å². The molecule has 1 aliphatic heterocycles. The predicted molar refractivity (Wildman–Crippen MR) is 88.5 cm³/mol. The zero-order valence-corrected chi connectivity index (χ0v) is 13.5. The molecular weight excluding hydrogens is 258 g/mol. The van der Waals surface area contributed by atoms with Crippen molar-refractivity contribution in [1.29, 1.82) is 0 Å². The van der Waals surface area contributed by atoms with Crippen LogP contribution in [0.1, 0.15) is 51.5 Å². The van der Waals surface area contributed by atoms with Gasteiger partial charge in [0.25, 0.3) is 0 Å². The second-order valence-electron chi connectivity index (χ2n) is 7.14. The van der Waals surface area contributed by atoms with Crippen LogP contribution in [0.5, 0.6) is 0 Å². The fourth-order valence-corrected chi connectivity index (χ4v) is 3.93. The first-order valence-electron chi connectivity index (χ1n) is 8.66. The minimum atomic E-state index is 0.699. The van der Waals surface area contributed by atoms with Crippen LogP contribution in [0.15, 0.2) is 18.3 Å². The molecule has 2 fully saturated rings. The second kappa shape index (κ2) is 6.78. The Morgan fingerprint density at radius 2 is 2.10 bits per heavy atom. The maximum Gasteiger partial charge on any atom is 0.128 e. The Balaban J connectivity index is 1.61. The molecule has 3 nitrogen and oxygen atoms in total. The molecule has 2 heterocycles. The topological polar surface area (TPSA) is 28.2 Å². The van der Waals surface area contributed by atoms with Gasteiger partial charge in [0.1, 0.15) is 5.82 Å². The summed E-state index contributed by atoms with van der Waals surface area (Å²) in [6, 6.07) is 5.23. The molecule has 0 radical (unpaired) electrons. The van der Waals surface area contributed by atoms with E-state index in [0.29, 0.717) is 5.92 Å². The molecule has 1 aromatic rings. The minimum absolute atomic E-state index is 0.699. The summed E-state index contributed by atoms with van der Waals surface area (Å²) in [4.78, 5) is 7.32. The van der Waals surface area contributed by atoms with Gasteiger partial charge < -0.3 is 10.2 Å². The van der Waals surface area contributed by atoms with Gasteiger partial charge in [0.2, 0.25) is 0 Å². The lowest BCUT2D eigenvalue weighted by Crippen LogP contribution is -2.43. The van der Waals surface area contributed by atoms with Crippen LogP contribution < -0.4 is 10.2 Å². The van der Waals surface area contributed by atoms with Crippen LogP contribution in [0.25, 0.3) is 0 Å². The summed E-state index contributed by atoms with van der Waals surface area (Å²) in [7, 11) is 0. The lowest BCUT2D eigenvalue weighted by atomic mass is 9.92. The molecule has 1 N–H and O–H groups in total. The minimum Gasteiger partial charge on any atom is -0.353 e. The first kappa shape index (κ1) is 14.8. The van der Waals surface area contributed by atoms with Crippen LogP contribution in [0.4, 0.5) is 5.82 Å². The van der Waals surface area contributed by atoms with Gasteiger partial charge in [-0.2, -0.15) is 0 Å². The highest BCUT2D eigenvalue weighted by Gasteiger charge is 2.35. The van der Waals surface area contributed by atoms with Crippen molar-refractivity contribution < 1.29 is 0 Å². The Morgan fingerprint density at radius 1 is 1.24 bits per heavy atom. The molecule has 0 spiro atoms. The highest BCUT2D eigenvalue weighted by molar-refractivity contribution is 5.42. The van der Waals surface area contributed by atoms with Gasteiger partial charge in [0.05, 0.1) is 0 Å². The first-order chi connectivity index (χ1) is 10.2. The van der Waals surface area contributed by atoms with E-state index < -0.39 is 0 Å². The largest absolute Gasteiger partial charge is 0.353 e. The summed E-state index contributed by atoms with van der Waals surface area (Å²) in [5, 5.41) is 3.48. The van der Waals surface area contributed by atoms with E-state index in [-0.39, 0.29) is 0 Å². The standard InChI is InChI=1S/C18H29N3/c1-14(2)11-19-12-15-8-9-18(20-13-15)21-10-4-6-16-5-3-7-17(16)21/h8-9,13-14,16-17,19H,3-7,10-12H2,1-2H3. The molecule has 21 heavy (non-hydrogen) atoms. The first-order valence-corrected chi connectivity index (χ1v) is 8.66. The van der Waals surface area contributed by atoms with Crippen LogP contribution >= 0.6 is 0 Å². The maximum atomic E-state index is 4.75. The van der Waals surface area contributed by atoms with E-state index in [0.717, 1.165) is 25.0 Å². The number of aromatic nitrogens is 1. The van der Waals surface area contributed by atoms with E-state index in [1.165, 1.54) is 50.0 Å². The average Bonchev–Trinajstić information content (AvgIpc) is 2.96. The number of hydrogen-bond acceptors (Lipinski definition) is 3. The molecule has 116 valence electrons. The molecule has 2 unspecified atom stereocenters. The van der Waals surface area contributed by atoms with E-state index in [9.17, 15) is 0 Å². The highest BCUT2D eigenvalue weighted by Crippen LogP contribution is 2.38. The molecule has 0 bridgehead atoms. The Hall–Kier alpha value is -1.09. The number of rotatable bonds is 5. The van der Waals surface area contributed by atoms with Gasteiger partial charge in [0, 0.05) is 25.3 Å². The second-order valence-corrected chi connectivity index (χ2v) is 7.14. The van der Waals surface area contributed by atoms with Gasteiger partial charge in [-0.15, -0.1) is 0 Å². The number of anilines is 1. The van der Waals surface area contributed by atoms with E-state index in [1.807, 2.05) is 0 Å². The smallest absolute Gasteiger partial charge is 0.128 e. The van der Waals surface area contributed by atoms with Crippen LogP contribution in [-0.4, -0.2) is 24.1 Å².